The van der Waals surface area contributed by atoms with Gasteiger partial charge in [0.25, 0.3) is 0 Å². The van der Waals surface area contributed by atoms with Crippen molar-refractivity contribution in [2.75, 3.05) is 0 Å². The largest absolute Gasteiger partial charge is 0.0998 e. The molecule has 0 saturated heterocycles. The van der Waals surface area contributed by atoms with Gasteiger partial charge in [-0.05, 0) is 56.8 Å². The Labute approximate surface area is 93.8 Å². The Morgan fingerprint density at radius 3 is 2.53 bits per heavy atom. The Hall–Kier alpha value is -0.780. The molecule has 2 saturated carbocycles. The SMILES string of the molecule is C=C1CC[C@@H]2C(=C)CCC[C@@H](C(=C)C)[C@H]12. The van der Waals surface area contributed by atoms with Crippen molar-refractivity contribution in [2.45, 2.75) is 39.0 Å². The van der Waals surface area contributed by atoms with Gasteiger partial charge in [0, 0.05) is 0 Å². The van der Waals surface area contributed by atoms with Gasteiger partial charge in [-0.25, -0.2) is 0 Å². The van der Waals surface area contributed by atoms with E-state index in [2.05, 4.69) is 26.7 Å². The highest BCUT2D eigenvalue weighted by Crippen LogP contribution is 2.50. The van der Waals surface area contributed by atoms with E-state index >= 15 is 0 Å². The standard InChI is InChI=1S/C15H22/c1-10(2)13-7-5-6-11(3)14-9-8-12(4)15(13)14/h13-15H,1,3-9H2,2H3/t13-,14+,15-/m0/s1. The lowest BCUT2D eigenvalue weighted by molar-refractivity contribution is 0.369. The van der Waals surface area contributed by atoms with Gasteiger partial charge in [-0.15, -0.1) is 0 Å². The van der Waals surface area contributed by atoms with Crippen LogP contribution in [0.25, 0.3) is 0 Å². The molecule has 0 spiro atoms. The highest BCUT2D eigenvalue weighted by atomic mass is 14.4. The molecule has 0 nitrogen and oxygen atoms in total. The molecule has 2 aliphatic carbocycles. The second-order valence-corrected chi connectivity index (χ2v) is 5.33. The molecule has 0 amide bonds. The van der Waals surface area contributed by atoms with Gasteiger partial charge < -0.3 is 0 Å². The molecule has 0 aliphatic heterocycles. The van der Waals surface area contributed by atoms with Gasteiger partial charge in [-0.2, -0.15) is 0 Å². The molecule has 0 aromatic rings. The van der Waals surface area contributed by atoms with Crippen molar-refractivity contribution in [1.82, 2.24) is 0 Å². The van der Waals surface area contributed by atoms with Gasteiger partial charge in [-0.3, -0.25) is 0 Å². The maximum atomic E-state index is 4.27. The summed E-state index contributed by atoms with van der Waals surface area (Å²) in [6.07, 6.45) is 6.29. The first-order chi connectivity index (χ1) is 7.11. The van der Waals surface area contributed by atoms with E-state index in [9.17, 15) is 0 Å². The van der Waals surface area contributed by atoms with Crippen molar-refractivity contribution in [1.29, 1.82) is 0 Å². The van der Waals surface area contributed by atoms with Crippen LogP contribution in [0, 0.1) is 17.8 Å². The van der Waals surface area contributed by atoms with E-state index in [0.717, 1.165) is 0 Å². The number of hydrogen-bond donors (Lipinski definition) is 0. The van der Waals surface area contributed by atoms with E-state index in [4.69, 9.17) is 0 Å². The van der Waals surface area contributed by atoms with Crippen molar-refractivity contribution < 1.29 is 0 Å². The minimum absolute atomic E-state index is 0.664. The summed E-state index contributed by atoms with van der Waals surface area (Å²) in [5, 5.41) is 0. The van der Waals surface area contributed by atoms with Crippen molar-refractivity contribution in [3.63, 3.8) is 0 Å². The fourth-order valence-electron chi connectivity index (χ4n) is 3.46. The van der Waals surface area contributed by atoms with Crippen LogP contribution in [0.15, 0.2) is 36.5 Å². The zero-order valence-corrected chi connectivity index (χ0v) is 9.89. The summed E-state index contributed by atoms with van der Waals surface area (Å²) in [5.41, 5.74) is 4.28. The molecule has 0 aromatic carbocycles. The van der Waals surface area contributed by atoms with E-state index < -0.39 is 0 Å². The predicted octanol–water partition coefficient (Wildman–Crippen LogP) is 4.50. The van der Waals surface area contributed by atoms with Crippen LogP contribution in [0.2, 0.25) is 0 Å². The summed E-state index contributed by atoms with van der Waals surface area (Å²) in [7, 11) is 0. The Kier molecular flexibility index (Phi) is 2.86. The Morgan fingerprint density at radius 1 is 1.13 bits per heavy atom. The average molecular weight is 202 g/mol. The summed E-state index contributed by atoms with van der Waals surface area (Å²) in [5.74, 6) is 2.04. The van der Waals surface area contributed by atoms with Crippen molar-refractivity contribution in [3.05, 3.63) is 36.5 Å². The number of fused-ring (bicyclic) bond motifs is 1. The molecule has 0 radical (unpaired) electrons. The lowest BCUT2D eigenvalue weighted by atomic mass is 9.77. The third kappa shape index (κ3) is 1.82. The maximum absolute atomic E-state index is 4.27. The van der Waals surface area contributed by atoms with E-state index in [1.54, 1.807) is 0 Å². The summed E-state index contributed by atoms with van der Waals surface area (Å²) in [6.45, 7) is 14.9. The molecule has 82 valence electrons. The fraction of sp³-hybridized carbons (Fsp3) is 0.600. The van der Waals surface area contributed by atoms with Crippen LogP contribution < -0.4 is 0 Å². The molecule has 0 N–H and O–H groups in total. The zero-order valence-electron chi connectivity index (χ0n) is 9.89. The first-order valence-corrected chi connectivity index (χ1v) is 6.12. The van der Waals surface area contributed by atoms with Crippen molar-refractivity contribution >= 4 is 0 Å². The normalized spacial score (nSPS) is 36.2. The molecular formula is C15H22. The van der Waals surface area contributed by atoms with Crippen LogP contribution >= 0.6 is 0 Å². The van der Waals surface area contributed by atoms with Crippen LogP contribution in [0.3, 0.4) is 0 Å². The average Bonchev–Trinajstić information content (AvgIpc) is 2.45. The third-order valence-electron chi connectivity index (χ3n) is 4.29. The van der Waals surface area contributed by atoms with Crippen LogP contribution in [0.1, 0.15) is 39.0 Å². The van der Waals surface area contributed by atoms with E-state index in [-0.39, 0.29) is 0 Å². The minimum atomic E-state index is 0.664. The summed E-state index contributed by atoms with van der Waals surface area (Å²) in [4.78, 5) is 0. The number of allylic oxidation sites excluding steroid dienone is 3. The molecule has 0 unspecified atom stereocenters. The Bertz CT molecular complexity index is 308. The summed E-state index contributed by atoms with van der Waals surface area (Å²) >= 11 is 0. The smallest absolute Gasteiger partial charge is 0.00749 e. The molecule has 0 heterocycles. The van der Waals surface area contributed by atoms with E-state index in [1.807, 2.05) is 0 Å². The van der Waals surface area contributed by atoms with Crippen LogP contribution in [0.5, 0.6) is 0 Å². The molecule has 2 aliphatic rings. The van der Waals surface area contributed by atoms with Crippen molar-refractivity contribution in [3.8, 4) is 0 Å². The highest BCUT2D eigenvalue weighted by Gasteiger charge is 2.39. The second-order valence-electron chi connectivity index (χ2n) is 5.33. The topological polar surface area (TPSA) is 0 Å². The first-order valence-electron chi connectivity index (χ1n) is 6.12. The second kappa shape index (κ2) is 4.00. The first kappa shape index (κ1) is 10.7. The minimum Gasteiger partial charge on any atom is -0.0998 e. The predicted molar refractivity (Wildman–Crippen MR) is 66.6 cm³/mol. The van der Waals surface area contributed by atoms with E-state index in [0.29, 0.717) is 17.8 Å². The zero-order chi connectivity index (χ0) is 11.0. The monoisotopic (exact) mass is 202 g/mol. The van der Waals surface area contributed by atoms with Gasteiger partial charge in [0.2, 0.25) is 0 Å². The van der Waals surface area contributed by atoms with Crippen molar-refractivity contribution in [2.24, 2.45) is 17.8 Å². The van der Waals surface area contributed by atoms with Gasteiger partial charge >= 0.3 is 0 Å². The van der Waals surface area contributed by atoms with Crippen LogP contribution in [0.4, 0.5) is 0 Å². The molecular weight excluding hydrogens is 180 g/mol. The molecule has 3 atom stereocenters. The molecule has 2 fully saturated rings. The molecule has 0 heteroatoms. The van der Waals surface area contributed by atoms with Gasteiger partial charge in [0.1, 0.15) is 0 Å². The summed E-state index contributed by atoms with van der Waals surface area (Å²) < 4.78 is 0. The van der Waals surface area contributed by atoms with Gasteiger partial charge in [0.05, 0.1) is 0 Å². The van der Waals surface area contributed by atoms with Crippen LogP contribution in [-0.2, 0) is 0 Å². The van der Waals surface area contributed by atoms with E-state index in [1.165, 1.54) is 48.8 Å². The van der Waals surface area contributed by atoms with Crippen LogP contribution in [-0.4, -0.2) is 0 Å². The molecule has 0 bridgehead atoms. The fourth-order valence-corrected chi connectivity index (χ4v) is 3.46. The maximum Gasteiger partial charge on any atom is -0.00749 e. The van der Waals surface area contributed by atoms with Gasteiger partial charge in [-0.1, -0.05) is 36.5 Å². The van der Waals surface area contributed by atoms with Gasteiger partial charge in [0.15, 0.2) is 0 Å². The highest BCUT2D eigenvalue weighted by molar-refractivity contribution is 5.24. The lowest BCUT2D eigenvalue weighted by Gasteiger charge is -2.28. The quantitative estimate of drug-likeness (QED) is 0.549. The third-order valence-corrected chi connectivity index (χ3v) is 4.29. The summed E-state index contributed by atoms with van der Waals surface area (Å²) in [6, 6.07) is 0. The Balaban J connectivity index is 2.30. The lowest BCUT2D eigenvalue weighted by Crippen LogP contribution is -2.19. The molecule has 0 aromatic heterocycles. The Morgan fingerprint density at radius 2 is 1.87 bits per heavy atom. The number of rotatable bonds is 1. The number of hydrogen-bond acceptors (Lipinski definition) is 0. The molecule has 15 heavy (non-hydrogen) atoms. The molecule has 2 rings (SSSR count).